The molecular formula is C20H20N6O2S. The van der Waals surface area contributed by atoms with Gasteiger partial charge in [-0.25, -0.2) is 9.97 Å². The number of nitrogens with zero attached hydrogens (tertiary/aromatic N) is 4. The molecule has 0 amide bonds. The van der Waals surface area contributed by atoms with Gasteiger partial charge in [0.05, 0.1) is 24.9 Å². The molecule has 148 valence electrons. The fourth-order valence-corrected chi connectivity index (χ4v) is 3.13. The van der Waals surface area contributed by atoms with E-state index in [0.29, 0.717) is 36.1 Å². The summed E-state index contributed by atoms with van der Waals surface area (Å²) in [4.78, 5) is 9.15. The standard InChI is InChI=1S/C20H20N6O2S/c1-3-27-15-9-5-13(6-10-15)21-17-18(24-20-19(23-17)25-29-26-20)22-14-7-11-16(12-8-14)28-4-2/h5-12H,3-4H2,1-2H3,(H,21,23,25)(H,22,24,26). The van der Waals surface area contributed by atoms with Crippen LogP contribution in [-0.2, 0) is 0 Å². The van der Waals surface area contributed by atoms with Gasteiger partial charge in [0.2, 0.25) is 11.3 Å². The summed E-state index contributed by atoms with van der Waals surface area (Å²) in [6, 6.07) is 15.3. The molecule has 0 bridgehead atoms. The lowest BCUT2D eigenvalue weighted by atomic mass is 10.3. The Labute approximate surface area is 172 Å². The molecule has 9 heteroatoms. The predicted octanol–water partition coefficient (Wildman–Crippen LogP) is 4.77. The number of nitrogens with one attached hydrogen (secondary N) is 2. The Hall–Kier alpha value is -3.46. The first kappa shape index (κ1) is 18.9. The number of rotatable bonds is 8. The third kappa shape index (κ3) is 4.52. The molecule has 2 heterocycles. The van der Waals surface area contributed by atoms with E-state index in [-0.39, 0.29) is 0 Å². The zero-order valence-electron chi connectivity index (χ0n) is 16.0. The Morgan fingerprint density at radius 1 is 0.690 bits per heavy atom. The summed E-state index contributed by atoms with van der Waals surface area (Å²) in [6.45, 7) is 5.17. The van der Waals surface area contributed by atoms with Crippen molar-refractivity contribution in [2.24, 2.45) is 0 Å². The van der Waals surface area contributed by atoms with Gasteiger partial charge in [-0.3, -0.25) is 0 Å². The smallest absolute Gasteiger partial charge is 0.214 e. The molecule has 0 radical (unpaired) electrons. The van der Waals surface area contributed by atoms with Gasteiger partial charge in [-0.15, -0.1) is 0 Å². The Kier molecular flexibility index (Phi) is 5.66. The van der Waals surface area contributed by atoms with Gasteiger partial charge in [-0.2, -0.15) is 8.75 Å². The van der Waals surface area contributed by atoms with Crippen molar-refractivity contribution in [3.63, 3.8) is 0 Å². The molecule has 4 aromatic rings. The zero-order chi connectivity index (χ0) is 20.1. The van der Waals surface area contributed by atoms with Crippen molar-refractivity contribution in [1.82, 2.24) is 18.7 Å². The van der Waals surface area contributed by atoms with Crippen LogP contribution in [0, 0.1) is 0 Å². The van der Waals surface area contributed by atoms with Gasteiger partial charge in [0.15, 0.2) is 11.6 Å². The normalized spacial score (nSPS) is 10.7. The molecule has 0 aliphatic heterocycles. The Balaban J connectivity index is 1.61. The van der Waals surface area contributed by atoms with Gasteiger partial charge in [0, 0.05) is 11.4 Å². The van der Waals surface area contributed by atoms with Gasteiger partial charge >= 0.3 is 0 Å². The molecule has 4 rings (SSSR count). The molecule has 0 saturated heterocycles. The van der Waals surface area contributed by atoms with Crippen molar-refractivity contribution in [3.05, 3.63) is 48.5 Å². The third-order valence-corrected chi connectivity index (χ3v) is 4.48. The number of hydrogen-bond acceptors (Lipinski definition) is 9. The van der Waals surface area contributed by atoms with Crippen LogP contribution < -0.4 is 20.1 Å². The summed E-state index contributed by atoms with van der Waals surface area (Å²) in [5.74, 6) is 2.75. The Bertz CT molecular complexity index is 997. The van der Waals surface area contributed by atoms with Gasteiger partial charge < -0.3 is 20.1 Å². The maximum atomic E-state index is 5.49. The van der Waals surface area contributed by atoms with E-state index >= 15 is 0 Å². The van der Waals surface area contributed by atoms with Crippen molar-refractivity contribution in [2.75, 3.05) is 23.8 Å². The number of ether oxygens (including phenoxy) is 2. The number of hydrogen-bond donors (Lipinski definition) is 2. The molecule has 0 aliphatic rings. The van der Waals surface area contributed by atoms with Crippen molar-refractivity contribution >= 4 is 46.0 Å². The minimum absolute atomic E-state index is 0.501. The lowest BCUT2D eigenvalue weighted by molar-refractivity contribution is 0.340. The molecule has 0 fully saturated rings. The highest BCUT2D eigenvalue weighted by molar-refractivity contribution is 6.99. The average molecular weight is 408 g/mol. The fraction of sp³-hybridized carbons (Fsp3) is 0.200. The lowest BCUT2D eigenvalue weighted by Gasteiger charge is -2.13. The van der Waals surface area contributed by atoms with Crippen molar-refractivity contribution < 1.29 is 9.47 Å². The number of aromatic nitrogens is 4. The summed E-state index contributed by atoms with van der Waals surface area (Å²) in [7, 11) is 0. The largest absolute Gasteiger partial charge is 0.494 e. The molecule has 0 saturated carbocycles. The predicted molar refractivity (Wildman–Crippen MR) is 115 cm³/mol. The van der Waals surface area contributed by atoms with Crippen LogP contribution in [0.25, 0.3) is 11.3 Å². The van der Waals surface area contributed by atoms with E-state index < -0.39 is 0 Å². The maximum absolute atomic E-state index is 5.49. The summed E-state index contributed by atoms with van der Waals surface area (Å²) in [6.07, 6.45) is 0. The van der Waals surface area contributed by atoms with Crippen LogP contribution >= 0.6 is 11.7 Å². The van der Waals surface area contributed by atoms with Gasteiger partial charge in [-0.1, -0.05) is 0 Å². The van der Waals surface area contributed by atoms with Crippen LogP contribution in [0.15, 0.2) is 48.5 Å². The molecule has 0 atom stereocenters. The maximum Gasteiger partial charge on any atom is 0.214 e. The first-order chi connectivity index (χ1) is 14.2. The molecule has 0 spiro atoms. The summed E-state index contributed by atoms with van der Waals surface area (Å²) in [5, 5.41) is 6.59. The van der Waals surface area contributed by atoms with Gasteiger partial charge in [-0.05, 0) is 62.4 Å². The van der Waals surface area contributed by atoms with E-state index in [1.807, 2.05) is 62.4 Å². The fourth-order valence-electron chi connectivity index (χ4n) is 2.69. The van der Waals surface area contributed by atoms with Crippen molar-refractivity contribution in [2.45, 2.75) is 13.8 Å². The molecule has 2 aromatic carbocycles. The van der Waals surface area contributed by atoms with Gasteiger partial charge in [0.1, 0.15) is 11.5 Å². The lowest BCUT2D eigenvalue weighted by Crippen LogP contribution is -2.03. The highest BCUT2D eigenvalue weighted by atomic mass is 32.1. The number of fused-ring (bicyclic) bond motifs is 1. The highest BCUT2D eigenvalue weighted by Crippen LogP contribution is 2.28. The summed E-state index contributed by atoms with van der Waals surface area (Å²) < 4.78 is 19.4. The second-order valence-electron chi connectivity index (χ2n) is 6.00. The first-order valence-electron chi connectivity index (χ1n) is 9.25. The van der Waals surface area contributed by atoms with Crippen molar-refractivity contribution in [3.8, 4) is 11.5 Å². The Morgan fingerprint density at radius 2 is 1.10 bits per heavy atom. The highest BCUT2D eigenvalue weighted by Gasteiger charge is 2.13. The zero-order valence-corrected chi connectivity index (χ0v) is 16.9. The van der Waals surface area contributed by atoms with Crippen LogP contribution in [0.1, 0.15) is 13.8 Å². The van der Waals surface area contributed by atoms with E-state index in [4.69, 9.17) is 9.47 Å². The first-order valence-corrected chi connectivity index (χ1v) is 9.98. The minimum atomic E-state index is 0.501. The molecular weight excluding hydrogens is 388 g/mol. The van der Waals surface area contributed by atoms with E-state index in [0.717, 1.165) is 34.6 Å². The second-order valence-corrected chi connectivity index (χ2v) is 6.53. The van der Waals surface area contributed by atoms with E-state index in [1.54, 1.807) is 0 Å². The van der Waals surface area contributed by atoms with Crippen molar-refractivity contribution in [1.29, 1.82) is 0 Å². The summed E-state index contributed by atoms with van der Waals surface area (Å²) >= 11 is 1.08. The van der Waals surface area contributed by atoms with Crippen LogP contribution in [0.4, 0.5) is 23.0 Å². The molecule has 8 nitrogen and oxygen atoms in total. The van der Waals surface area contributed by atoms with Crippen LogP contribution in [-0.4, -0.2) is 31.9 Å². The molecule has 2 N–H and O–H groups in total. The quantitative estimate of drug-likeness (QED) is 0.431. The molecule has 0 unspecified atom stereocenters. The SMILES string of the molecule is CCOc1ccc(Nc2nc3nsnc3nc2Nc2ccc(OCC)cc2)cc1. The number of anilines is 4. The van der Waals surface area contributed by atoms with Crippen LogP contribution in [0.3, 0.4) is 0 Å². The molecule has 0 aliphatic carbocycles. The van der Waals surface area contributed by atoms with E-state index in [9.17, 15) is 0 Å². The second kappa shape index (κ2) is 8.70. The third-order valence-electron chi connectivity index (χ3n) is 3.97. The monoisotopic (exact) mass is 408 g/mol. The van der Waals surface area contributed by atoms with E-state index in [1.165, 1.54) is 0 Å². The molecule has 2 aromatic heterocycles. The topological polar surface area (TPSA) is 94.1 Å². The van der Waals surface area contributed by atoms with Crippen LogP contribution in [0.2, 0.25) is 0 Å². The van der Waals surface area contributed by atoms with Gasteiger partial charge in [0.25, 0.3) is 0 Å². The summed E-state index contributed by atoms with van der Waals surface area (Å²) in [5.41, 5.74) is 2.72. The average Bonchev–Trinajstić information content (AvgIpc) is 3.19. The van der Waals surface area contributed by atoms with E-state index in [2.05, 4.69) is 29.3 Å². The Morgan fingerprint density at radius 3 is 1.48 bits per heavy atom. The molecule has 29 heavy (non-hydrogen) atoms. The number of benzene rings is 2. The minimum Gasteiger partial charge on any atom is -0.494 e. The van der Waals surface area contributed by atoms with Crippen LogP contribution in [0.5, 0.6) is 11.5 Å².